The Labute approximate surface area is 189 Å². The Morgan fingerprint density at radius 1 is 1.34 bits per heavy atom. The zero-order chi connectivity index (χ0) is 23.4. The minimum absolute atomic E-state index is 0.0511. The summed E-state index contributed by atoms with van der Waals surface area (Å²) >= 11 is 1.12. The number of nitrogens with zero attached hydrogens (tertiary/aromatic N) is 3. The third-order valence-corrected chi connectivity index (χ3v) is 6.19. The van der Waals surface area contributed by atoms with Crippen molar-refractivity contribution >= 4 is 28.5 Å². The third kappa shape index (κ3) is 4.45. The molecule has 1 fully saturated rings. The van der Waals surface area contributed by atoms with Crippen LogP contribution in [0.3, 0.4) is 0 Å². The largest absolute Gasteiger partial charge is 0.379 e. The number of hydrogen-bond acceptors (Lipinski definition) is 7. The number of aromatic nitrogens is 1. The molecule has 0 aliphatic carbocycles. The van der Waals surface area contributed by atoms with Gasteiger partial charge in [0.05, 0.1) is 12.2 Å². The molecule has 2 aliphatic rings. The molecule has 0 radical (unpaired) electrons. The molecule has 1 saturated heterocycles. The minimum atomic E-state index is -1.76. The van der Waals surface area contributed by atoms with Crippen molar-refractivity contribution < 1.29 is 18.3 Å². The number of rotatable bonds is 3. The standard InChI is InChI=1S/C20H17F2N5O2S.C2H6/c21-14-5-13(20-10-29-4-3-19(20,22)11-30-18(24)27-20)6-15(7-14)26-17(28)16-2-1-12(8-23)9-25-16;1-2/h1-2,5-7,9H,3-4,10-11H2,(H2,24,27)(H,26,28);1-2H3/t19-,20-;/m1./s1. The van der Waals surface area contributed by atoms with E-state index in [1.54, 1.807) is 0 Å². The summed E-state index contributed by atoms with van der Waals surface area (Å²) in [6.45, 7) is 4.15. The number of pyridine rings is 1. The molecule has 0 spiro atoms. The highest BCUT2D eigenvalue weighted by molar-refractivity contribution is 8.13. The summed E-state index contributed by atoms with van der Waals surface area (Å²) in [6, 6.07) is 8.53. The van der Waals surface area contributed by atoms with E-state index in [1.165, 1.54) is 30.5 Å². The van der Waals surface area contributed by atoms with Gasteiger partial charge in [0.15, 0.2) is 10.8 Å². The number of thioether (sulfide) groups is 1. The topological polar surface area (TPSA) is 113 Å². The number of ether oxygens (including phenoxy) is 1. The number of carbonyl (C=O) groups excluding carboxylic acids is 1. The summed E-state index contributed by atoms with van der Waals surface area (Å²) in [5.41, 5.74) is 3.33. The number of amides is 1. The molecular weight excluding hydrogens is 436 g/mol. The fourth-order valence-corrected chi connectivity index (χ4v) is 4.60. The van der Waals surface area contributed by atoms with Gasteiger partial charge in [-0.15, -0.1) is 0 Å². The van der Waals surface area contributed by atoms with Gasteiger partial charge in [0, 0.05) is 30.7 Å². The maximum Gasteiger partial charge on any atom is 0.274 e. The third-order valence-electron chi connectivity index (χ3n) is 5.20. The fourth-order valence-electron chi connectivity index (χ4n) is 3.62. The zero-order valence-corrected chi connectivity index (χ0v) is 18.5. The second-order valence-corrected chi connectivity index (χ2v) is 8.09. The summed E-state index contributed by atoms with van der Waals surface area (Å²) < 4.78 is 35.8. The van der Waals surface area contributed by atoms with E-state index in [-0.39, 0.29) is 47.5 Å². The predicted octanol–water partition coefficient (Wildman–Crippen LogP) is 3.76. The molecule has 3 heterocycles. The molecule has 168 valence electrons. The van der Waals surface area contributed by atoms with Gasteiger partial charge < -0.3 is 15.8 Å². The predicted molar refractivity (Wildman–Crippen MR) is 120 cm³/mol. The van der Waals surface area contributed by atoms with Crippen LogP contribution in [0.1, 0.15) is 41.9 Å². The Morgan fingerprint density at radius 2 is 2.12 bits per heavy atom. The first-order chi connectivity index (χ1) is 15.3. The van der Waals surface area contributed by atoms with Crippen molar-refractivity contribution in [1.82, 2.24) is 4.98 Å². The summed E-state index contributed by atoms with van der Waals surface area (Å²) in [6.07, 6.45) is 1.36. The minimum Gasteiger partial charge on any atom is -0.379 e. The number of hydrogen-bond donors (Lipinski definition) is 2. The molecule has 1 aromatic carbocycles. The van der Waals surface area contributed by atoms with Crippen LogP contribution in [0.5, 0.6) is 0 Å². The highest BCUT2D eigenvalue weighted by Crippen LogP contribution is 2.50. The van der Waals surface area contributed by atoms with Gasteiger partial charge in [0.25, 0.3) is 5.91 Å². The lowest BCUT2D eigenvalue weighted by Crippen LogP contribution is -2.58. The molecular formula is C22H23F2N5O2S. The summed E-state index contributed by atoms with van der Waals surface area (Å²) in [5.74, 6) is -1.17. The number of halogens is 2. The second kappa shape index (κ2) is 9.63. The van der Waals surface area contributed by atoms with Gasteiger partial charge in [0.2, 0.25) is 0 Å². The number of alkyl halides is 1. The zero-order valence-electron chi connectivity index (χ0n) is 17.7. The van der Waals surface area contributed by atoms with Gasteiger partial charge in [-0.3, -0.25) is 4.79 Å². The Hall–Kier alpha value is -3.03. The van der Waals surface area contributed by atoms with Gasteiger partial charge in [0.1, 0.15) is 23.1 Å². The van der Waals surface area contributed by atoms with Gasteiger partial charge in [-0.25, -0.2) is 18.8 Å². The van der Waals surface area contributed by atoms with Crippen molar-refractivity contribution in [3.8, 4) is 6.07 Å². The molecule has 0 saturated carbocycles. The molecule has 0 bridgehead atoms. The number of anilines is 1. The number of benzene rings is 1. The maximum absolute atomic E-state index is 15.9. The van der Waals surface area contributed by atoms with E-state index >= 15 is 4.39 Å². The van der Waals surface area contributed by atoms with E-state index < -0.39 is 22.9 Å². The maximum atomic E-state index is 15.9. The first-order valence-electron chi connectivity index (χ1n) is 10.1. The smallest absolute Gasteiger partial charge is 0.274 e. The van der Waals surface area contributed by atoms with E-state index in [0.29, 0.717) is 5.56 Å². The number of carbonyl (C=O) groups is 1. The summed E-state index contributed by atoms with van der Waals surface area (Å²) in [7, 11) is 0. The number of nitrogens with two attached hydrogens (primary N) is 1. The lowest BCUT2D eigenvalue weighted by atomic mass is 9.74. The Balaban J connectivity index is 0.00000141. The summed E-state index contributed by atoms with van der Waals surface area (Å²) in [4.78, 5) is 20.7. The molecule has 10 heteroatoms. The van der Waals surface area contributed by atoms with E-state index in [9.17, 15) is 9.18 Å². The van der Waals surface area contributed by atoms with Crippen LogP contribution >= 0.6 is 11.8 Å². The lowest BCUT2D eigenvalue weighted by molar-refractivity contribution is -0.0693. The van der Waals surface area contributed by atoms with Crippen LogP contribution in [0.15, 0.2) is 41.5 Å². The molecule has 3 N–H and O–H groups in total. The van der Waals surface area contributed by atoms with E-state index in [1.807, 2.05) is 19.9 Å². The molecule has 7 nitrogen and oxygen atoms in total. The number of fused-ring (bicyclic) bond motifs is 1. The van der Waals surface area contributed by atoms with Crippen molar-refractivity contribution in [2.75, 3.05) is 24.3 Å². The Bertz CT molecular complexity index is 1070. The van der Waals surface area contributed by atoms with Gasteiger partial charge in [-0.05, 0) is 35.9 Å². The van der Waals surface area contributed by atoms with E-state index in [0.717, 1.165) is 17.8 Å². The number of nitriles is 1. The monoisotopic (exact) mass is 459 g/mol. The second-order valence-electron chi connectivity index (χ2n) is 7.09. The van der Waals surface area contributed by atoms with Crippen molar-refractivity contribution in [3.63, 3.8) is 0 Å². The van der Waals surface area contributed by atoms with Crippen molar-refractivity contribution in [2.45, 2.75) is 31.5 Å². The molecule has 2 atom stereocenters. The van der Waals surface area contributed by atoms with E-state index in [2.05, 4.69) is 15.3 Å². The molecule has 1 amide bonds. The van der Waals surface area contributed by atoms with E-state index in [4.69, 9.17) is 15.7 Å². The molecule has 2 aromatic rings. The average Bonchev–Trinajstić information content (AvgIpc) is 2.80. The van der Waals surface area contributed by atoms with Crippen molar-refractivity contribution in [3.05, 3.63) is 59.2 Å². The van der Waals surface area contributed by atoms with Gasteiger partial charge in [-0.2, -0.15) is 5.26 Å². The average molecular weight is 460 g/mol. The van der Waals surface area contributed by atoms with Crippen LogP contribution in [0.25, 0.3) is 0 Å². The first kappa shape index (κ1) is 23.6. The molecule has 32 heavy (non-hydrogen) atoms. The van der Waals surface area contributed by atoms with Crippen LogP contribution in [-0.4, -0.2) is 40.7 Å². The lowest BCUT2D eigenvalue weighted by Gasteiger charge is -2.48. The SMILES string of the molecule is CC.N#Cc1ccc(C(=O)Nc2cc(F)cc([C@]34COCC[C@@]3(F)CSC(N)=N4)c2)nc1. The number of nitrogens with one attached hydrogen (secondary N) is 1. The van der Waals surface area contributed by atoms with Crippen molar-refractivity contribution in [1.29, 1.82) is 5.26 Å². The Kier molecular flexibility index (Phi) is 7.11. The molecule has 4 rings (SSSR count). The van der Waals surface area contributed by atoms with Gasteiger partial charge in [-0.1, -0.05) is 25.6 Å². The quantitative estimate of drug-likeness (QED) is 0.723. The van der Waals surface area contributed by atoms with Gasteiger partial charge >= 0.3 is 0 Å². The normalized spacial score (nSPS) is 24.2. The van der Waals surface area contributed by atoms with Crippen LogP contribution in [0.4, 0.5) is 14.5 Å². The first-order valence-corrected chi connectivity index (χ1v) is 11.1. The molecule has 2 aliphatic heterocycles. The van der Waals surface area contributed by atoms with Crippen LogP contribution in [-0.2, 0) is 10.3 Å². The van der Waals surface area contributed by atoms with Crippen LogP contribution in [0.2, 0.25) is 0 Å². The Morgan fingerprint density at radius 3 is 2.81 bits per heavy atom. The highest BCUT2D eigenvalue weighted by Gasteiger charge is 2.58. The fraction of sp³-hybridized carbons (Fsp3) is 0.364. The van der Waals surface area contributed by atoms with Crippen LogP contribution in [0, 0.1) is 17.1 Å². The molecule has 0 unspecified atom stereocenters. The van der Waals surface area contributed by atoms with Crippen LogP contribution < -0.4 is 11.1 Å². The highest BCUT2D eigenvalue weighted by atomic mass is 32.2. The number of amidine groups is 1. The molecule has 1 aromatic heterocycles. The number of aliphatic imine (C=N–C) groups is 1. The summed E-state index contributed by atoms with van der Waals surface area (Å²) in [5, 5.41) is 11.6. The van der Waals surface area contributed by atoms with Crippen molar-refractivity contribution in [2.24, 2.45) is 10.7 Å².